The fourth-order valence-corrected chi connectivity index (χ4v) is 2.66. The first-order valence-corrected chi connectivity index (χ1v) is 6.67. The lowest BCUT2D eigenvalue weighted by Crippen LogP contribution is -1.95. The first-order valence-electron chi connectivity index (χ1n) is 5.10. The van der Waals surface area contributed by atoms with Crippen molar-refractivity contribution in [2.45, 2.75) is 24.7 Å². The number of allylic oxidation sites excluding steroid dienone is 1. The zero-order valence-corrected chi connectivity index (χ0v) is 10.0. The maximum atomic E-state index is 12.4. The van der Waals surface area contributed by atoms with E-state index >= 15 is 0 Å². The molecule has 1 aromatic rings. The zero-order valence-electron chi connectivity index (χ0n) is 9.22. The summed E-state index contributed by atoms with van der Waals surface area (Å²) in [4.78, 5) is 0.778. The van der Waals surface area contributed by atoms with Crippen molar-refractivity contribution < 1.29 is 4.21 Å². The van der Waals surface area contributed by atoms with Gasteiger partial charge in [0.25, 0.3) is 0 Å². The maximum absolute atomic E-state index is 12.4. The van der Waals surface area contributed by atoms with E-state index in [1.165, 1.54) is 0 Å². The van der Waals surface area contributed by atoms with E-state index < -0.39 is 9.73 Å². The number of rotatable bonds is 4. The van der Waals surface area contributed by atoms with Crippen LogP contribution in [-0.2, 0) is 9.73 Å². The van der Waals surface area contributed by atoms with E-state index in [9.17, 15) is 4.21 Å². The van der Waals surface area contributed by atoms with E-state index in [0.717, 1.165) is 17.7 Å². The molecule has 0 fully saturated rings. The third-order valence-electron chi connectivity index (χ3n) is 2.09. The van der Waals surface area contributed by atoms with Gasteiger partial charge in [-0.25, -0.2) is 8.57 Å². The van der Waals surface area contributed by atoms with Gasteiger partial charge in [-0.15, -0.1) is 0 Å². The first-order chi connectivity index (χ1) is 7.23. The van der Waals surface area contributed by atoms with E-state index in [2.05, 4.69) is 11.3 Å². The molecule has 0 N–H and O–H groups in total. The molecule has 0 spiro atoms. The monoisotopic (exact) mass is 223 g/mol. The van der Waals surface area contributed by atoms with Crippen LogP contribution in [0.2, 0.25) is 0 Å². The lowest BCUT2D eigenvalue weighted by Gasteiger charge is -2.03. The van der Waals surface area contributed by atoms with Gasteiger partial charge in [0.2, 0.25) is 0 Å². The van der Waals surface area contributed by atoms with Gasteiger partial charge in [-0.3, -0.25) is 0 Å². The van der Waals surface area contributed by atoms with Crippen molar-refractivity contribution in [1.29, 1.82) is 0 Å². The van der Waals surface area contributed by atoms with E-state index in [1.807, 2.05) is 36.4 Å². The summed E-state index contributed by atoms with van der Waals surface area (Å²) in [7, 11) is -0.731. The summed E-state index contributed by atoms with van der Waals surface area (Å²) >= 11 is 0. The number of hydrogen-bond donors (Lipinski definition) is 0. The Morgan fingerprint density at radius 2 is 2.00 bits per heavy atom. The molecule has 1 unspecified atom stereocenters. The molecule has 0 saturated heterocycles. The van der Waals surface area contributed by atoms with Crippen molar-refractivity contribution in [2.75, 3.05) is 7.05 Å². The summed E-state index contributed by atoms with van der Waals surface area (Å²) in [6.07, 6.45) is 3.95. The Kier molecular flexibility index (Phi) is 4.56. The van der Waals surface area contributed by atoms with Crippen molar-refractivity contribution >= 4 is 9.73 Å². The smallest absolute Gasteiger partial charge is 0.0963 e. The SMILES string of the molecule is CCC/C=C/S(=O)(=NC)c1ccccc1. The highest BCUT2D eigenvalue weighted by Gasteiger charge is 2.05. The van der Waals surface area contributed by atoms with Gasteiger partial charge < -0.3 is 0 Å². The van der Waals surface area contributed by atoms with Gasteiger partial charge in [0.05, 0.1) is 14.6 Å². The highest BCUT2D eigenvalue weighted by atomic mass is 32.2. The Bertz CT molecular complexity index is 428. The van der Waals surface area contributed by atoms with Crippen molar-refractivity contribution in [3.8, 4) is 0 Å². The molecule has 0 bridgehead atoms. The largest absolute Gasteiger partial charge is 0.240 e. The van der Waals surface area contributed by atoms with Crippen LogP contribution in [0.3, 0.4) is 0 Å². The summed E-state index contributed by atoms with van der Waals surface area (Å²) in [5.74, 6) is 0. The standard InChI is InChI=1S/C12H17NOS/c1-3-4-8-11-15(14,13-2)12-9-6-5-7-10-12/h5-11H,3-4H2,1-2H3/b11-8+. The highest BCUT2D eigenvalue weighted by Crippen LogP contribution is 2.14. The molecule has 1 aromatic carbocycles. The molecule has 0 heterocycles. The van der Waals surface area contributed by atoms with E-state index in [4.69, 9.17) is 0 Å². The molecular weight excluding hydrogens is 206 g/mol. The lowest BCUT2D eigenvalue weighted by molar-refractivity contribution is 0.681. The van der Waals surface area contributed by atoms with Crippen LogP contribution in [0.4, 0.5) is 0 Å². The van der Waals surface area contributed by atoms with Crippen LogP contribution >= 0.6 is 0 Å². The Morgan fingerprint density at radius 3 is 2.53 bits per heavy atom. The van der Waals surface area contributed by atoms with Crippen LogP contribution < -0.4 is 0 Å². The normalized spacial score (nSPS) is 15.1. The molecule has 1 atom stereocenters. The van der Waals surface area contributed by atoms with Gasteiger partial charge in [0.15, 0.2) is 0 Å². The minimum atomic E-state index is -2.33. The predicted octanol–water partition coefficient (Wildman–Crippen LogP) is 3.46. The molecule has 2 nitrogen and oxygen atoms in total. The minimum Gasteiger partial charge on any atom is -0.240 e. The number of benzene rings is 1. The van der Waals surface area contributed by atoms with Crippen molar-refractivity contribution in [1.82, 2.24) is 0 Å². The minimum absolute atomic E-state index is 0.778. The fourth-order valence-electron chi connectivity index (χ4n) is 1.23. The van der Waals surface area contributed by atoms with Crippen LogP contribution in [0.1, 0.15) is 19.8 Å². The number of unbranched alkanes of at least 4 members (excludes halogenated alkanes) is 1. The van der Waals surface area contributed by atoms with Gasteiger partial charge >= 0.3 is 0 Å². The molecule has 82 valence electrons. The van der Waals surface area contributed by atoms with Gasteiger partial charge in [-0.1, -0.05) is 37.6 Å². The quantitative estimate of drug-likeness (QED) is 0.768. The molecule has 0 radical (unpaired) electrons. The molecule has 1 rings (SSSR count). The summed E-state index contributed by atoms with van der Waals surface area (Å²) in [5.41, 5.74) is 0. The van der Waals surface area contributed by atoms with Gasteiger partial charge in [0, 0.05) is 12.5 Å². The summed E-state index contributed by atoms with van der Waals surface area (Å²) < 4.78 is 16.4. The summed E-state index contributed by atoms with van der Waals surface area (Å²) in [5, 5.41) is 1.73. The fraction of sp³-hybridized carbons (Fsp3) is 0.333. The third-order valence-corrected chi connectivity index (χ3v) is 4.14. The lowest BCUT2D eigenvalue weighted by atomic mass is 10.3. The van der Waals surface area contributed by atoms with Crippen LogP contribution in [0.15, 0.2) is 51.1 Å². The molecular formula is C12H17NOS. The van der Waals surface area contributed by atoms with E-state index in [1.54, 1.807) is 12.5 Å². The molecule has 0 aliphatic carbocycles. The van der Waals surface area contributed by atoms with E-state index in [0.29, 0.717) is 0 Å². The van der Waals surface area contributed by atoms with Crippen LogP contribution in [0.5, 0.6) is 0 Å². The van der Waals surface area contributed by atoms with Crippen molar-refractivity contribution in [2.24, 2.45) is 4.36 Å². The van der Waals surface area contributed by atoms with Crippen molar-refractivity contribution in [3.63, 3.8) is 0 Å². The molecule has 0 aliphatic heterocycles. The highest BCUT2D eigenvalue weighted by molar-refractivity contribution is 7.96. The van der Waals surface area contributed by atoms with Crippen LogP contribution in [-0.4, -0.2) is 11.3 Å². The van der Waals surface area contributed by atoms with Gasteiger partial charge in [-0.2, -0.15) is 0 Å². The van der Waals surface area contributed by atoms with Gasteiger partial charge in [-0.05, 0) is 18.6 Å². The predicted molar refractivity (Wildman–Crippen MR) is 65.3 cm³/mol. The second-order valence-electron chi connectivity index (χ2n) is 3.22. The second-order valence-corrected chi connectivity index (χ2v) is 5.47. The zero-order chi connectivity index (χ0) is 11.1. The first kappa shape index (κ1) is 12.0. The average Bonchev–Trinajstić information content (AvgIpc) is 2.30. The summed E-state index contributed by atoms with van der Waals surface area (Å²) in [6, 6.07) is 9.38. The Labute approximate surface area is 92.2 Å². The van der Waals surface area contributed by atoms with Gasteiger partial charge in [0.1, 0.15) is 0 Å². The summed E-state index contributed by atoms with van der Waals surface area (Å²) in [6.45, 7) is 2.10. The van der Waals surface area contributed by atoms with Crippen molar-refractivity contribution in [3.05, 3.63) is 41.8 Å². The van der Waals surface area contributed by atoms with Crippen LogP contribution in [0, 0.1) is 0 Å². The number of hydrogen-bond acceptors (Lipinski definition) is 2. The molecule has 3 heteroatoms. The molecule has 0 saturated carbocycles. The molecule has 0 aliphatic rings. The Hall–Kier alpha value is -1.09. The molecule has 0 amide bonds. The Morgan fingerprint density at radius 1 is 1.33 bits per heavy atom. The maximum Gasteiger partial charge on any atom is 0.0963 e. The Balaban J connectivity index is 3.03. The molecule has 0 aromatic heterocycles. The topological polar surface area (TPSA) is 29.4 Å². The van der Waals surface area contributed by atoms with E-state index in [-0.39, 0.29) is 0 Å². The van der Waals surface area contributed by atoms with Crippen LogP contribution in [0.25, 0.3) is 0 Å². The third kappa shape index (κ3) is 3.20. The second kappa shape index (κ2) is 5.71. The molecule has 15 heavy (non-hydrogen) atoms. The average molecular weight is 223 g/mol. The number of nitrogens with zero attached hydrogens (tertiary/aromatic N) is 1.